The summed E-state index contributed by atoms with van der Waals surface area (Å²) in [6.45, 7) is 2.38. The molecule has 0 bridgehead atoms. The van der Waals surface area contributed by atoms with Gasteiger partial charge in [0.15, 0.2) is 0 Å². The molecule has 0 fully saturated rings. The first-order valence-electron chi connectivity index (χ1n) is 6.83. The van der Waals surface area contributed by atoms with E-state index < -0.39 is 17.9 Å². The van der Waals surface area contributed by atoms with Gasteiger partial charge in [-0.2, -0.15) is 0 Å². The molecule has 0 saturated carbocycles. The van der Waals surface area contributed by atoms with Crippen LogP contribution in [-0.2, 0) is 9.59 Å². The minimum absolute atomic E-state index is 0.0130. The second-order valence-electron chi connectivity index (χ2n) is 4.67. The van der Waals surface area contributed by atoms with E-state index in [4.69, 9.17) is 0 Å². The van der Waals surface area contributed by atoms with Crippen LogP contribution in [0.3, 0.4) is 0 Å². The molecule has 0 aliphatic carbocycles. The van der Waals surface area contributed by atoms with E-state index in [2.05, 4.69) is 10.6 Å². The van der Waals surface area contributed by atoms with Crippen molar-refractivity contribution in [1.29, 1.82) is 0 Å². The summed E-state index contributed by atoms with van der Waals surface area (Å²) in [6, 6.07) is 7.75. The number of hydrogen-bond donors (Lipinski definition) is 3. The SMILES string of the molecule is CCCNC(=O)C(=O)NCC(O)c1csc2ccccc12. The predicted octanol–water partition coefficient (Wildman–Crippen LogP) is 1.58. The van der Waals surface area contributed by atoms with Gasteiger partial charge in [-0.15, -0.1) is 11.3 Å². The average Bonchev–Trinajstić information content (AvgIpc) is 2.93. The maximum absolute atomic E-state index is 11.6. The van der Waals surface area contributed by atoms with E-state index >= 15 is 0 Å². The Balaban J connectivity index is 1.94. The highest BCUT2D eigenvalue weighted by Gasteiger charge is 2.17. The van der Waals surface area contributed by atoms with Gasteiger partial charge in [-0.1, -0.05) is 25.1 Å². The molecule has 2 amide bonds. The van der Waals surface area contributed by atoms with Gasteiger partial charge in [-0.3, -0.25) is 9.59 Å². The van der Waals surface area contributed by atoms with Crippen LogP contribution in [0.1, 0.15) is 25.0 Å². The molecule has 21 heavy (non-hydrogen) atoms. The van der Waals surface area contributed by atoms with Crippen molar-refractivity contribution < 1.29 is 14.7 Å². The number of nitrogens with one attached hydrogen (secondary N) is 2. The standard InChI is InChI=1S/C15H18N2O3S/c1-2-7-16-14(19)15(20)17-8-12(18)11-9-21-13-6-4-3-5-10(11)13/h3-6,9,12,18H,2,7-8H2,1H3,(H,16,19)(H,17,20). The summed E-state index contributed by atoms with van der Waals surface area (Å²) >= 11 is 1.54. The Morgan fingerprint density at radius 2 is 1.95 bits per heavy atom. The Morgan fingerprint density at radius 1 is 1.24 bits per heavy atom. The van der Waals surface area contributed by atoms with Gasteiger partial charge in [0.25, 0.3) is 0 Å². The first-order valence-corrected chi connectivity index (χ1v) is 7.71. The largest absolute Gasteiger partial charge is 0.387 e. The maximum atomic E-state index is 11.6. The summed E-state index contributed by atoms with van der Waals surface area (Å²) in [5.41, 5.74) is 0.768. The summed E-state index contributed by atoms with van der Waals surface area (Å²) in [4.78, 5) is 23.0. The van der Waals surface area contributed by atoms with E-state index in [-0.39, 0.29) is 6.54 Å². The Labute approximate surface area is 127 Å². The minimum Gasteiger partial charge on any atom is -0.387 e. The van der Waals surface area contributed by atoms with E-state index in [0.29, 0.717) is 6.54 Å². The summed E-state index contributed by atoms with van der Waals surface area (Å²) in [5, 5.41) is 18.0. The van der Waals surface area contributed by atoms with Crippen LogP contribution in [0.15, 0.2) is 29.6 Å². The topological polar surface area (TPSA) is 78.4 Å². The summed E-state index contributed by atoms with van der Waals surface area (Å²) in [6.07, 6.45) is -0.0632. The van der Waals surface area contributed by atoms with Gasteiger partial charge in [-0.25, -0.2) is 0 Å². The fourth-order valence-electron chi connectivity index (χ4n) is 1.95. The van der Waals surface area contributed by atoms with Gasteiger partial charge in [-0.05, 0) is 23.3 Å². The molecule has 0 saturated heterocycles. The summed E-state index contributed by atoms with van der Waals surface area (Å²) < 4.78 is 1.08. The van der Waals surface area contributed by atoms with Gasteiger partial charge < -0.3 is 15.7 Å². The molecule has 0 spiro atoms. The lowest BCUT2D eigenvalue weighted by atomic mass is 10.1. The molecule has 1 atom stereocenters. The quantitative estimate of drug-likeness (QED) is 0.734. The van der Waals surface area contributed by atoms with Gasteiger partial charge >= 0.3 is 11.8 Å². The third-order valence-corrected chi connectivity index (χ3v) is 4.05. The molecule has 112 valence electrons. The molecule has 1 aromatic heterocycles. The first kappa shape index (κ1) is 15.5. The van der Waals surface area contributed by atoms with Gasteiger partial charge in [0.1, 0.15) is 0 Å². The molecular weight excluding hydrogens is 288 g/mol. The fraction of sp³-hybridized carbons (Fsp3) is 0.333. The lowest BCUT2D eigenvalue weighted by molar-refractivity contribution is -0.139. The molecule has 1 heterocycles. The number of hydrogen-bond acceptors (Lipinski definition) is 4. The van der Waals surface area contributed by atoms with Crippen LogP contribution >= 0.6 is 11.3 Å². The van der Waals surface area contributed by atoms with Crippen molar-refractivity contribution in [3.8, 4) is 0 Å². The van der Waals surface area contributed by atoms with Crippen LogP contribution in [0.5, 0.6) is 0 Å². The first-order chi connectivity index (χ1) is 10.1. The molecule has 3 N–H and O–H groups in total. The van der Waals surface area contributed by atoms with Crippen molar-refractivity contribution in [3.05, 3.63) is 35.2 Å². The van der Waals surface area contributed by atoms with Crippen LogP contribution in [0.2, 0.25) is 0 Å². The van der Waals surface area contributed by atoms with Gasteiger partial charge in [0.05, 0.1) is 6.10 Å². The van der Waals surface area contributed by atoms with Gasteiger partial charge in [0.2, 0.25) is 0 Å². The minimum atomic E-state index is -0.830. The van der Waals surface area contributed by atoms with E-state index in [9.17, 15) is 14.7 Å². The van der Waals surface area contributed by atoms with E-state index in [1.807, 2.05) is 36.6 Å². The molecule has 6 heteroatoms. The third-order valence-electron chi connectivity index (χ3n) is 3.07. The van der Waals surface area contributed by atoms with Crippen LogP contribution in [0.4, 0.5) is 0 Å². The third kappa shape index (κ3) is 3.80. The van der Waals surface area contributed by atoms with E-state index in [1.54, 1.807) is 11.3 Å². The fourth-order valence-corrected chi connectivity index (χ4v) is 2.96. The smallest absolute Gasteiger partial charge is 0.309 e. The van der Waals surface area contributed by atoms with Crippen molar-refractivity contribution in [2.24, 2.45) is 0 Å². The number of amides is 2. The number of aliphatic hydroxyl groups excluding tert-OH is 1. The Bertz CT molecular complexity index is 639. The van der Waals surface area contributed by atoms with Crippen LogP contribution in [0, 0.1) is 0 Å². The Kier molecular flexibility index (Phi) is 5.30. The molecule has 1 unspecified atom stereocenters. The lowest BCUT2D eigenvalue weighted by Gasteiger charge is -2.11. The zero-order valence-electron chi connectivity index (χ0n) is 11.8. The molecule has 2 aromatic rings. The number of aliphatic hydroxyl groups is 1. The highest BCUT2D eigenvalue weighted by Crippen LogP contribution is 2.29. The van der Waals surface area contributed by atoms with Gasteiger partial charge in [0, 0.05) is 23.4 Å². The number of carbonyl (C=O) groups excluding carboxylic acids is 2. The summed E-state index contributed by atoms with van der Waals surface area (Å²) in [7, 11) is 0. The molecule has 2 rings (SSSR count). The molecule has 0 aliphatic rings. The number of benzene rings is 1. The van der Waals surface area contributed by atoms with Crippen molar-refractivity contribution in [2.75, 3.05) is 13.1 Å². The second-order valence-corrected chi connectivity index (χ2v) is 5.58. The highest BCUT2D eigenvalue weighted by atomic mass is 32.1. The Morgan fingerprint density at radius 3 is 2.71 bits per heavy atom. The molecule has 0 radical (unpaired) electrons. The summed E-state index contributed by atoms with van der Waals surface area (Å²) in [5.74, 6) is -1.39. The predicted molar refractivity (Wildman–Crippen MR) is 83.1 cm³/mol. The highest BCUT2D eigenvalue weighted by molar-refractivity contribution is 7.17. The monoisotopic (exact) mass is 306 g/mol. The maximum Gasteiger partial charge on any atom is 0.309 e. The van der Waals surface area contributed by atoms with E-state index in [1.165, 1.54) is 0 Å². The zero-order chi connectivity index (χ0) is 15.2. The van der Waals surface area contributed by atoms with Crippen LogP contribution in [0.25, 0.3) is 10.1 Å². The molecule has 5 nitrogen and oxygen atoms in total. The number of thiophene rings is 1. The van der Waals surface area contributed by atoms with Crippen molar-refractivity contribution >= 4 is 33.2 Å². The molecular formula is C15H18N2O3S. The van der Waals surface area contributed by atoms with Crippen molar-refractivity contribution in [3.63, 3.8) is 0 Å². The second kappa shape index (κ2) is 7.19. The number of rotatable bonds is 5. The van der Waals surface area contributed by atoms with E-state index in [0.717, 1.165) is 22.1 Å². The average molecular weight is 306 g/mol. The number of carbonyl (C=O) groups is 2. The molecule has 1 aromatic carbocycles. The van der Waals surface area contributed by atoms with Crippen molar-refractivity contribution in [2.45, 2.75) is 19.4 Å². The Hall–Kier alpha value is -1.92. The van der Waals surface area contributed by atoms with Crippen LogP contribution in [-0.4, -0.2) is 30.0 Å². The lowest BCUT2D eigenvalue weighted by Crippen LogP contribution is -2.41. The molecule has 0 aliphatic heterocycles. The van der Waals surface area contributed by atoms with Crippen molar-refractivity contribution in [1.82, 2.24) is 10.6 Å². The number of fused-ring (bicyclic) bond motifs is 1. The normalized spacial score (nSPS) is 12.1. The van der Waals surface area contributed by atoms with Crippen LogP contribution < -0.4 is 10.6 Å². The zero-order valence-corrected chi connectivity index (χ0v) is 12.6.